The molecule has 0 amide bonds. The zero-order valence-electron chi connectivity index (χ0n) is 10.0. The second-order valence-electron chi connectivity index (χ2n) is 2.69. The summed E-state index contributed by atoms with van der Waals surface area (Å²) in [6, 6.07) is 21.4. The molecule has 0 aliphatic rings. The van der Waals surface area contributed by atoms with E-state index in [1.54, 1.807) is 0 Å². The van der Waals surface area contributed by atoms with Crippen LogP contribution < -0.4 is 25.9 Å². The van der Waals surface area contributed by atoms with Crippen LogP contribution in [-0.4, -0.2) is 18.0 Å². The zero-order valence-corrected chi connectivity index (χ0v) is 14.1. The van der Waals surface area contributed by atoms with Gasteiger partial charge in [-0.15, -0.1) is 0 Å². The standard InChI is InChI=1S/C12H10I.As.6FH/c1-3-7-11(8-4-1)13-12-9-5-2-6-10-12;;;;;;;/h1-10H;;6*1H/q+1;;;;;;;/p-1. The maximum atomic E-state index is 2.21. The van der Waals surface area contributed by atoms with Crippen LogP contribution >= 0.6 is 0 Å². The first-order valence-corrected chi connectivity index (χ1v) is 6.36. The summed E-state index contributed by atoms with van der Waals surface area (Å²) in [7, 11) is 0. The van der Waals surface area contributed by atoms with Crippen LogP contribution in [0.1, 0.15) is 0 Å². The molecule has 117 valence electrons. The van der Waals surface area contributed by atoms with Crippen molar-refractivity contribution >= 4 is 18.0 Å². The van der Waals surface area contributed by atoms with Gasteiger partial charge in [-0.1, -0.05) is 36.4 Å². The molecule has 3 radical (unpaired) electrons. The van der Waals surface area contributed by atoms with Crippen molar-refractivity contribution in [2.45, 2.75) is 0 Å². The summed E-state index contributed by atoms with van der Waals surface area (Å²) in [5, 5.41) is 0. The molecule has 0 heterocycles. The van der Waals surface area contributed by atoms with Gasteiger partial charge in [-0.2, -0.15) is 0 Å². The molecule has 0 spiro atoms. The van der Waals surface area contributed by atoms with Crippen molar-refractivity contribution < 1.29 is 49.4 Å². The van der Waals surface area contributed by atoms with Gasteiger partial charge in [0.1, 0.15) is 0 Å². The van der Waals surface area contributed by atoms with E-state index in [0.29, 0.717) is 0 Å². The second-order valence-corrected chi connectivity index (χ2v) is 5.72. The summed E-state index contributed by atoms with van der Waals surface area (Å²) >= 11 is 0.0287. The topological polar surface area (TPSA) is 0 Å². The van der Waals surface area contributed by atoms with Gasteiger partial charge in [-0.05, 0) is 24.3 Å². The van der Waals surface area contributed by atoms with E-state index in [-0.39, 0.29) is 67.4 Å². The Morgan fingerprint density at radius 2 is 0.750 bits per heavy atom. The zero-order chi connectivity index (χ0) is 8.93. The predicted octanol–water partition coefficient (Wildman–Crippen LogP) is -2.80. The Morgan fingerprint density at radius 3 is 1.00 bits per heavy atom. The molecule has 0 saturated carbocycles. The predicted molar refractivity (Wildman–Crippen MR) is 68.5 cm³/mol. The molecule has 20 heavy (non-hydrogen) atoms. The first kappa shape index (κ1) is 36.5. The third-order valence-corrected chi connectivity index (χ3v) is 4.37. The summed E-state index contributed by atoms with van der Waals surface area (Å²) < 4.78 is 2.96. The Hall–Kier alpha value is -0.692. The molecule has 0 aliphatic carbocycles. The van der Waals surface area contributed by atoms with Gasteiger partial charge in [0.25, 0.3) is 0 Å². The van der Waals surface area contributed by atoms with Crippen molar-refractivity contribution in [2.24, 2.45) is 0 Å². The number of hydrogen-bond donors (Lipinski definition) is 0. The average Bonchev–Trinajstić information content (AvgIpc) is 2.21. The summed E-state index contributed by atoms with van der Waals surface area (Å²) in [6.07, 6.45) is 0. The van der Waals surface area contributed by atoms with E-state index in [1.165, 1.54) is 7.14 Å². The molecule has 2 aromatic rings. The minimum absolute atomic E-state index is 0. The SMILES string of the molecule is F.F.F.F.F.[As].[F-].c1ccc([I+]c2ccccc2)cc1. The minimum atomic E-state index is 0. The summed E-state index contributed by atoms with van der Waals surface area (Å²) in [5.41, 5.74) is 0. The smallest absolute Gasteiger partial charge is 0.357 e. The first-order valence-electron chi connectivity index (χ1n) is 4.20. The number of hydrogen-bond acceptors (Lipinski definition) is 0. The minimum Gasteiger partial charge on any atom is -1.00 e. The molecular weight excluding hydrogens is 460 g/mol. The number of halogens is 7. The van der Waals surface area contributed by atoms with Crippen LogP contribution in [0.3, 0.4) is 0 Å². The van der Waals surface area contributed by atoms with E-state index in [4.69, 9.17) is 0 Å². The Balaban J connectivity index is -0.0000000700. The van der Waals surface area contributed by atoms with E-state index >= 15 is 0 Å². The van der Waals surface area contributed by atoms with Crippen molar-refractivity contribution in [1.82, 2.24) is 0 Å². The molecule has 0 atom stereocenters. The largest absolute Gasteiger partial charge is 1.00 e. The van der Waals surface area contributed by atoms with Crippen LogP contribution in [0.2, 0.25) is 0 Å². The molecule has 0 aliphatic heterocycles. The first-order chi connectivity index (χ1) is 6.45. The maximum absolute atomic E-state index is 2.21. The fraction of sp³-hybridized carbons (Fsp3) is 0. The molecule has 0 saturated heterocycles. The Morgan fingerprint density at radius 1 is 0.500 bits per heavy atom. The van der Waals surface area contributed by atoms with Crippen molar-refractivity contribution in [3.05, 3.63) is 67.8 Å². The van der Waals surface area contributed by atoms with Crippen molar-refractivity contribution in [2.75, 3.05) is 0 Å². The van der Waals surface area contributed by atoms with Gasteiger partial charge in [0, 0.05) is 18.0 Å². The van der Waals surface area contributed by atoms with Crippen LogP contribution in [0.25, 0.3) is 0 Å². The Bertz CT molecular complexity index is 339. The quantitative estimate of drug-likeness (QED) is 0.251. The van der Waals surface area contributed by atoms with Crippen LogP contribution in [0.4, 0.5) is 23.5 Å². The Labute approximate surface area is 135 Å². The fourth-order valence-electron chi connectivity index (χ4n) is 1.08. The van der Waals surface area contributed by atoms with Crippen LogP contribution in [-0.2, 0) is 0 Å². The molecule has 2 rings (SSSR count). The summed E-state index contributed by atoms with van der Waals surface area (Å²) in [4.78, 5) is 0. The fourth-order valence-corrected chi connectivity index (χ4v) is 3.35. The van der Waals surface area contributed by atoms with Crippen LogP contribution in [0.5, 0.6) is 0 Å². The van der Waals surface area contributed by atoms with Crippen molar-refractivity contribution in [1.29, 1.82) is 0 Å². The molecular formula is C12H15AsF6I. The normalized spacial score (nSPS) is 6.40. The van der Waals surface area contributed by atoms with Gasteiger partial charge >= 0.3 is 21.2 Å². The van der Waals surface area contributed by atoms with Crippen molar-refractivity contribution in [3.8, 4) is 0 Å². The molecule has 0 unspecified atom stereocenters. The van der Waals surface area contributed by atoms with Gasteiger partial charge < -0.3 is 4.70 Å². The molecule has 8 heteroatoms. The third-order valence-electron chi connectivity index (χ3n) is 1.68. The molecule has 0 N–H and O–H groups in total. The van der Waals surface area contributed by atoms with E-state index in [2.05, 4.69) is 60.7 Å². The molecule has 0 nitrogen and oxygen atoms in total. The van der Waals surface area contributed by atoms with Gasteiger partial charge in [0.05, 0.1) is 0 Å². The number of rotatable bonds is 2. The molecule has 0 fully saturated rings. The van der Waals surface area contributed by atoms with E-state index < -0.39 is 0 Å². The van der Waals surface area contributed by atoms with E-state index in [9.17, 15) is 0 Å². The molecule has 2 aromatic carbocycles. The molecule has 0 aromatic heterocycles. The van der Waals surface area contributed by atoms with Crippen LogP contribution in [0.15, 0.2) is 60.7 Å². The van der Waals surface area contributed by atoms with Gasteiger partial charge in [0.2, 0.25) is 0 Å². The van der Waals surface area contributed by atoms with Crippen molar-refractivity contribution in [3.63, 3.8) is 0 Å². The van der Waals surface area contributed by atoms with E-state index in [0.717, 1.165) is 0 Å². The average molecular weight is 475 g/mol. The third kappa shape index (κ3) is 12.3. The summed E-state index contributed by atoms with van der Waals surface area (Å²) in [6.45, 7) is 0. The van der Waals surface area contributed by atoms with Crippen LogP contribution in [0, 0.1) is 7.14 Å². The van der Waals surface area contributed by atoms with Gasteiger partial charge in [-0.25, -0.2) is 0 Å². The summed E-state index contributed by atoms with van der Waals surface area (Å²) in [5.74, 6) is 0. The van der Waals surface area contributed by atoms with Gasteiger partial charge in [-0.3, -0.25) is 23.5 Å². The maximum Gasteiger partial charge on any atom is 0.357 e. The number of benzene rings is 2. The Kier molecular flexibility index (Phi) is 37.7. The molecule has 0 bridgehead atoms. The monoisotopic (exact) mass is 475 g/mol. The van der Waals surface area contributed by atoms with Gasteiger partial charge in [0.15, 0.2) is 7.14 Å². The second kappa shape index (κ2) is 20.6. The van der Waals surface area contributed by atoms with E-state index in [1.807, 2.05) is 0 Å².